The maximum absolute atomic E-state index is 5.73. The lowest BCUT2D eigenvalue weighted by atomic mass is 10.1. The first-order chi connectivity index (χ1) is 8.85. The van der Waals surface area contributed by atoms with Crippen LogP contribution in [0.3, 0.4) is 0 Å². The number of hydrogen-bond acceptors (Lipinski definition) is 5. The van der Waals surface area contributed by atoms with Gasteiger partial charge in [-0.15, -0.1) is 0 Å². The van der Waals surface area contributed by atoms with Gasteiger partial charge < -0.3 is 24.7 Å². The summed E-state index contributed by atoms with van der Waals surface area (Å²) >= 11 is 0. The third kappa shape index (κ3) is 3.05. The highest BCUT2D eigenvalue weighted by atomic mass is 16.7. The van der Waals surface area contributed by atoms with Gasteiger partial charge in [-0.05, 0) is 18.9 Å². The fraction of sp³-hybridized carbons (Fsp3) is 0.538. The summed E-state index contributed by atoms with van der Waals surface area (Å²) in [7, 11) is 1.70. The van der Waals surface area contributed by atoms with E-state index in [-0.39, 0.29) is 6.79 Å². The lowest BCUT2D eigenvalue weighted by Crippen LogP contribution is -2.04. The molecule has 5 heteroatoms. The smallest absolute Gasteiger partial charge is 0.231 e. The summed E-state index contributed by atoms with van der Waals surface area (Å²) in [5.41, 5.74) is 6.64. The predicted molar refractivity (Wildman–Crippen MR) is 67.1 cm³/mol. The number of ether oxygens (including phenoxy) is 4. The Hall–Kier alpha value is -1.46. The van der Waals surface area contributed by atoms with Gasteiger partial charge in [-0.1, -0.05) is 0 Å². The molecule has 2 N–H and O–H groups in total. The van der Waals surface area contributed by atoms with E-state index in [1.54, 1.807) is 7.11 Å². The number of nitrogens with two attached hydrogens (primary N) is 1. The van der Waals surface area contributed by atoms with Crippen molar-refractivity contribution < 1.29 is 18.9 Å². The first kappa shape index (κ1) is 13.0. The molecule has 5 nitrogen and oxygen atoms in total. The van der Waals surface area contributed by atoms with Gasteiger partial charge in [-0.2, -0.15) is 0 Å². The second kappa shape index (κ2) is 6.47. The van der Waals surface area contributed by atoms with Gasteiger partial charge in [0.05, 0.1) is 6.61 Å². The number of fused-ring (bicyclic) bond motifs is 1. The summed E-state index contributed by atoms with van der Waals surface area (Å²) in [5, 5.41) is 0. The molecule has 0 saturated carbocycles. The zero-order valence-electron chi connectivity index (χ0n) is 10.6. The highest BCUT2D eigenvalue weighted by molar-refractivity contribution is 5.51. The molecule has 0 fully saturated rings. The molecule has 1 aromatic carbocycles. The summed E-state index contributed by atoms with van der Waals surface area (Å²) in [6, 6.07) is 3.73. The standard InChI is InChI=1S/C13H19NO4/c1-15-4-2-3-5-16-11-7-13-12(17-9-18-13)6-10(11)8-14/h6-7H,2-5,8-9,14H2,1H3. The van der Waals surface area contributed by atoms with E-state index in [4.69, 9.17) is 24.7 Å². The topological polar surface area (TPSA) is 62.9 Å². The summed E-state index contributed by atoms with van der Waals surface area (Å²) in [4.78, 5) is 0. The van der Waals surface area contributed by atoms with E-state index in [0.717, 1.165) is 42.3 Å². The van der Waals surface area contributed by atoms with Gasteiger partial charge in [0.2, 0.25) is 6.79 Å². The Bertz CT molecular complexity index is 395. The molecular weight excluding hydrogens is 234 g/mol. The van der Waals surface area contributed by atoms with Gasteiger partial charge in [-0.3, -0.25) is 0 Å². The van der Waals surface area contributed by atoms with Crippen molar-refractivity contribution >= 4 is 0 Å². The third-order valence-corrected chi connectivity index (χ3v) is 2.78. The number of rotatable bonds is 7. The van der Waals surface area contributed by atoms with Gasteiger partial charge in [0.25, 0.3) is 0 Å². The average molecular weight is 253 g/mol. The Kier molecular flexibility index (Phi) is 4.66. The minimum atomic E-state index is 0.261. The maximum Gasteiger partial charge on any atom is 0.231 e. The number of hydrogen-bond donors (Lipinski definition) is 1. The first-order valence-electron chi connectivity index (χ1n) is 6.09. The molecule has 100 valence electrons. The van der Waals surface area contributed by atoms with Crippen molar-refractivity contribution in [1.82, 2.24) is 0 Å². The van der Waals surface area contributed by atoms with Gasteiger partial charge in [0.15, 0.2) is 11.5 Å². The van der Waals surface area contributed by atoms with E-state index in [9.17, 15) is 0 Å². The normalized spacial score (nSPS) is 12.8. The van der Waals surface area contributed by atoms with Crippen molar-refractivity contribution in [2.45, 2.75) is 19.4 Å². The van der Waals surface area contributed by atoms with Crippen molar-refractivity contribution in [3.63, 3.8) is 0 Å². The maximum atomic E-state index is 5.73. The van der Waals surface area contributed by atoms with Crippen LogP contribution < -0.4 is 19.9 Å². The lowest BCUT2D eigenvalue weighted by molar-refractivity contribution is 0.173. The fourth-order valence-electron chi connectivity index (χ4n) is 1.79. The molecule has 0 unspecified atom stereocenters. The van der Waals surface area contributed by atoms with Crippen molar-refractivity contribution in [3.05, 3.63) is 17.7 Å². The van der Waals surface area contributed by atoms with Gasteiger partial charge in [0.1, 0.15) is 5.75 Å². The molecule has 0 bridgehead atoms. The summed E-state index contributed by atoms with van der Waals surface area (Å²) in [5.74, 6) is 2.24. The largest absolute Gasteiger partial charge is 0.493 e. The fourth-order valence-corrected chi connectivity index (χ4v) is 1.79. The molecule has 1 heterocycles. The van der Waals surface area contributed by atoms with E-state index < -0.39 is 0 Å². The Labute approximate surface area is 107 Å². The van der Waals surface area contributed by atoms with Crippen LogP contribution in [-0.4, -0.2) is 27.1 Å². The van der Waals surface area contributed by atoms with Crippen LogP contribution >= 0.6 is 0 Å². The molecule has 18 heavy (non-hydrogen) atoms. The van der Waals surface area contributed by atoms with Crippen LogP contribution in [0.5, 0.6) is 17.2 Å². The van der Waals surface area contributed by atoms with E-state index in [0.29, 0.717) is 13.2 Å². The SMILES string of the molecule is COCCCCOc1cc2c(cc1CN)OCO2. The van der Waals surface area contributed by atoms with Crippen molar-refractivity contribution in [3.8, 4) is 17.2 Å². The van der Waals surface area contributed by atoms with E-state index in [1.807, 2.05) is 12.1 Å². The van der Waals surface area contributed by atoms with Crippen molar-refractivity contribution in [1.29, 1.82) is 0 Å². The van der Waals surface area contributed by atoms with Crippen LogP contribution in [0.1, 0.15) is 18.4 Å². The second-order valence-corrected chi connectivity index (χ2v) is 4.07. The summed E-state index contributed by atoms with van der Waals surface area (Å²) in [6.07, 6.45) is 1.94. The predicted octanol–water partition coefficient (Wildman–Crippen LogP) is 1.68. The molecule has 1 aliphatic heterocycles. The molecule has 0 aliphatic carbocycles. The molecule has 2 rings (SSSR count). The van der Waals surface area contributed by atoms with Gasteiger partial charge in [0, 0.05) is 31.9 Å². The molecule has 1 aromatic rings. The molecule has 0 spiro atoms. The molecule has 0 amide bonds. The van der Waals surface area contributed by atoms with Crippen LogP contribution in [0.25, 0.3) is 0 Å². The van der Waals surface area contributed by atoms with Crippen LogP contribution in [0.2, 0.25) is 0 Å². The zero-order valence-corrected chi connectivity index (χ0v) is 10.6. The average Bonchev–Trinajstić information content (AvgIpc) is 2.84. The number of benzene rings is 1. The van der Waals surface area contributed by atoms with Crippen LogP contribution in [-0.2, 0) is 11.3 Å². The van der Waals surface area contributed by atoms with Crippen LogP contribution in [0.15, 0.2) is 12.1 Å². The van der Waals surface area contributed by atoms with Crippen molar-refractivity contribution in [2.75, 3.05) is 27.1 Å². The number of methoxy groups -OCH3 is 1. The monoisotopic (exact) mass is 253 g/mol. The Morgan fingerprint density at radius 1 is 1.17 bits per heavy atom. The Morgan fingerprint density at radius 2 is 1.89 bits per heavy atom. The first-order valence-corrected chi connectivity index (χ1v) is 6.09. The highest BCUT2D eigenvalue weighted by Gasteiger charge is 2.17. The Morgan fingerprint density at radius 3 is 2.61 bits per heavy atom. The molecule has 0 atom stereocenters. The molecule has 0 aromatic heterocycles. The molecule has 0 saturated heterocycles. The van der Waals surface area contributed by atoms with E-state index in [2.05, 4.69) is 0 Å². The third-order valence-electron chi connectivity index (χ3n) is 2.78. The summed E-state index contributed by atoms with van der Waals surface area (Å²) in [6.45, 7) is 2.09. The minimum absolute atomic E-state index is 0.261. The quantitative estimate of drug-likeness (QED) is 0.749. The van der Waals surface area contributed by atoms with Crippen LogP contribution in [0, 0.1) is 0 Å². The molecular formula is C13H19NO4. The number of unbranched alkanes of at least 4 members (excludes halogenated alkanes) is 1. The highest BCUT2D eigenvalue weighted by Crippen LogP contribution is 2.38. The summed E-state index contributed by atoms with van der Waals surface area (Å²) < 4.78 is 21.3. The van der Waals surface area contributed by atoms with Gasteiger partial charge in [-0.25, -0.2) is 0 Å². The Balaban J connectivity index is 1.94. The minimum Gasteiger partial charge on any atom is -0.493 e. The second-order valence-electron chi connectivity index (χ2n) is 4.07. The lowest BCUT2D eigenvalue weighted by Gasteiger charge is -2.11. The van der Waals surface area contributed by atoms with E-state index >= 15 is 0 Å². The van der Waals surface area contributed by atoms with Gasteiger partial charge >= 0.3 is 0 Å². The van der Waals surface area contributed by atoms with Crippen LogP contribution in [0.4, 0.5) is 0 Å². The molecule has 0 radical (unpaired) electrons. The molecule has 1 aliphatic rings. The zero-order chi connectivity index (χ0) is 12.8. The van der Waals surface area contributed by atoms with E-state index in [1.165, 1.54) is 0 Å². The van der Waals surface area contributed by atoms with Crippen molar-refractivity contribution in [2.24, 2.45) is 5.73 Å².